The molecule has 0 heterocycles. The van der Waals surface area contributed by atoms with E-state index in [0.29, 0.717) is 0 Å². The summed E-state index contributed by atoms with van der Waals surface area (Å²) in [4.78, 5) is 0. The van der Waals surface area contributed by atoms with Crippen molar-refractivity contribution in [3.05, 3.63) is 41.3 Å². The summed E-state index contributed by atoms with van der Waals surface area (Å²) >= 11 is 0. The van der Waals surface area contributed by atoms with E-state index < -0.39 is 0 Å². The van der Waals surface area contributed by atoms with Crippen LogP contribution >= 0.6 is 0 Å². The summed E-state index contributed by atoms with van der Waals surface area (Å²) in [5.41, 5.74) is 3.18. The van der Waals surface area contributed by atoms with Crippen LogP contribution in [0.15, 0.2) is 24.3 Å². The summed E-state index contributed by atoms with van der Waals surface area (Å²) in [6.07, 6.45) is 5.40. The predicted octanol–water partition coefficient (Wildman–Crippen LogP) is 4.48. The molecule has 1 aromatic carbocycles. The van der Waals surface area contributed by atoms with Crippen LogP contribution in [0.2, 0.25) is 0 Å². The first-order valence-corrected chi connectivity index (χ1v) is 6.03. The van der Waals surface area contributed by atoms with E-state index in [0.717, 1.165) is 0 Å². The van der Waals surface area contributed by atoms with Crippen LogP contribution in [0.4, 0.5) is 0 Å². The molecule has 1 aromatic rings. The Morgan fingerprint density at radius 1 is 0.867 bits per heavy atom. The maximum Gasteiger partial charge on any atom is 0.00498 e. The molecule has 0 unspecified atom stereocenters. The van der Waals surface area contributed by atoms with Gasteiger partial charge < -0.3 is 0 Å². The van der Waals surface area contributed by atoms with Gasteiger partial charge in [0, 0.05) is 5.92 Å². The van der Waals surface area contributed by atoms with E-state index in [9.17, 15) is 0 Å². The maximum absolute atomic E-state index is 2.31. The lowest BCUT2D eigenvalue weighted by molar-refractivity contribution is 0.590. The van der Waals surface area contributed by atoms with Crippen LogP contribution in [0.5, 0.6) is 0 Å². The van der Waals surface area contributed by atoms with Crippen LogP contribution in [0.3, 0.4) is 0 Å². The number of benzene rings is 1. The molecule has 0 aliphatic heterocycles. The molecule has 0 spiro atoms. The van der Waals surface area contributed by atoms with Crippen molar-refractivity contribution in [2.24, 2.45) is 0 Å². The topological polar surface area (TPSA) is 0 Å². The minimum atomic E-state index is 0.277. The van der Waals surface area contributed by atoms with Crippen LogP contribution in [0, 0.1) is 5.92 Å². The first-order chi connectivity index (χ1) is 7.07. The van der Waals surface area contributed by atoms with E-state index in [1.54, 1.807) is 5.92 Å². The summed E-state index contributed by atoms with van der Waals surface area (Å²) in [7, 11) is 0. The molecule has 0 bridgehead atoms. The standard InChI is InChI=1S/C15H21/c1-15(2,3)14-10-8-13(9-11-14)12-6-4-5-7-12/h8-11H,4-7H2,1-3H3. The van der Waals surface area contributed by atoms with Gasteiger partial charge in [0.15, 0.2) is 0 Å². The second kappa shape index (κ2) is 4.00. The van der Waals surface area contributed by atoms with Crippen molar-refractivity contribution in [3.8, 4) is 0 Å². The molecule has 0 aromatic heterocycles. The van der Waals surface area contributed by atoms with Crippen molar-refractivity contribution in [3.63, 3.8) is 0 Å². The SMILES string of the molecule is CC(C)(C)c1ccc([C]2CCCC2)cc1. The van der Waals surface area contributed by atoms with Crippen LogP contribution < -0.4 is 0 Å². The molecule has 81 valence electrons. The smallest absolute Gasteiger partial charge is 0.00498 e. The molecule has 1 aliphatic carbocycles. The second-order valence-corrected chi connectivity index (χ2v) is 5.64. The second-order valence-electron chi connectivity index (χ2n) is 5.64. The number of hydrogen-bond acceptors (Lipinski definition) is 0. The van der Waals surface area contributed by atoms with E-state index in [4.69, 9.17) is 0 Å². The molecular formula is C15H21. The Labute approximate surface area is 93.7 Å². The van der Waals surface area contributed by atoms with Gasteiger partial charge in [0.1, 0.15) is 0 Å². The Hall–Kier alpha value is -0.780. The van der Waals surface area contributed by atoms with Crippen molar-refractivity contribution in [2.45, 2.75) is 51.9 Å². The maximum atomic E-state index is 2.31. The van der Waals surface area contributed by atoms with Gasteiger partial charge in [-0.2, -0.15) is 0 Å². The Bertz CT molecular complexity index is 307. The van der Waals surface area contributed by atoms with Gasteiger partial charge in [-0.1, -0.05) is 57.9 Å². The molecule has 15 heavy (non-hydrogen) atoms. The number of hydrogen-bond donors (Lipinski definition) is 0. The van der Waals surface area contributed by atoms with Crippen molar-refractivity contribution in [1.29, 1.82) is 0 Å². The van der Waals surface area contributed by atoms with E-state index in [1.807, 2.05) is 0 Å². The quantitative estimate of drug-likeness (QED) is 0.628. The van der Waals surface area contributed by atoms with Crippen molar-refractivity contribution < 1.29 is 0 Å². The Morgan fingerprint density at radius 2 is 1.40 bits per heavy atom. The molecular weight excluding hydrogens is 180 g/mol. The largest absolute Gasteiger partial charge is 0.0582 e. The fraction of sp³-hybridized carbons (Fsp3) is 0.533. The Morgan fingerprint density at radius 3 is 1.87 bits per heavy atom. The summed E-state index contributed by atoms with van der Waals surface area (Å²) in [6, 6.07) is 9.20. The van der Waals surface area contributed by atoms with Crippen molar-refractivity contribution in [1.82, 2.24) is 0 Å². The molecule has 0 nitrogen and oxygen atoms in total. The average Bonchev–Trinajstić information content (AvgIpc) is 2.69. The molecule has 0 amide bonds. The molecule has 1 saturated carbocycles. The van der Waals surface area contributed by atoms with E-state index in [1.165, 1.54) is 36.8 Å². The molecule has 0 heteroatoms. The van der Waals surface area contributed by atoms with Gasteiger partial charge in [-0.3, -0.25) is 0 Å². The highest BCUT2D eigenvalue weighted by Crippen LogP contribution is 2.34. The van der Waals surface area contributed by atoms with Crippen LogP contribution in [0.1, 0.15) is 57.6 Å². The molecule has 1 radical (unpaired) electrons. The first-order valence-electron chi connectivity index (χ1n) is 6.03. The minimum absolute atomic E-state index is 0.277. The molecule has 0 saturated heterocycles. The van der Waals surface area contributed by atoms with Crippen molar-refractivity contribution >= 4 is 0 Å². The molecule has 1 fully saturated rings. The predicted molar refractivity (Wildman–Crippen MR) is 66.0 cm³/mol. The van der Waals surface area contributed by atoms with Gasteiger partial charge >= 0.3 is 0 Å². The fourth-order valence-electron chi connectivity index (χ4n) is 2.30. The monoisotopic (exact) mass is 201 g/mol. The van der Waals surface area contributed by atoms with Gasteiger partial charge in [0.05, 0.1) is 0 Å². The zero-order valence-electron chi connectivity index (χ0n) is 10.1. The lowest BCUT2D eigenvalue weighted by atomic mass is 9.85. The third-order valence-corrected chi connectivity index (χ3v) is 3.37. The summed E-state index contributed by atoms with van der Waals surface area (Å²) in [5.74, 6) is 1.66. The summed E-state index contributed by atoms with van der Waals surface area (Å²) in [6.45, 7) is 6.81. The fourth-order valence-corrected chi connectivity index (χ4v) is 2.30. The Kier molecular flexibility index (Phi) is 2.86. The van der Waals surface area contributed by atoms with Gasteiger partial charge in [-0.25, -0.2) is 0 Å². The third-order valence-electron chi connectivity index (χ3n) is 3.37. The summed E-state index contributed by atoms with van der Waals surface area (Å²) in [5, 5.41) is 0. The normalized spacial score (nSPS) is 18.3. The average molecular weight is 201 g/mol. The van der Waals surface area contributed by atoms with E-state index in [-0.39, 0.29) is 5.41 Å². The highest BCUT2D eigenvalue weighted by atomic mass is 14.2. The lowest BCUT2D eigenvalue weighted by Gasteiger charge is -2.20. The van der Waals surface area contributed by atoms with Gasteiger partial charge in [-0.05, 0) is 29.4 Å². The number of rotatable bonds is 1. The van der Waals surface area contributed by atoms with Crippen molar-refractivity contribution in [2.75, 3.05) is 0 Å². The molecule has 0 atom stereocenters. The zero-order valence-corrected chi connectivity index (χ0v) is 10.1. The van der Waals surface area contributed by atoms with Crippen LogP contribution in [-0.4, -0.2) is 0 Å². The van der Waals surface area contributed by atoms with E-state index in [2.05, 4.69) is 45.0 Å². The van der Waals surface area contributed by atoms with Gasteiger partial charge in [-0.15, -0.1) is 0 Å². The highest BCUT2D eigenvalue weighted by Gasteiger charge is 2.19. The summed E-state index contributed by atoms with van der Waals surface area (Å²) < 4.78 is 0. The first kappa shape index (κ1) is 10.7. The third kappa shape index (κ3) is 2.42. The van der Waals surface area contributed by atoms with Gasteiger partial charge in [0.25, 0.3) is 0 Å². The Balaban J connectivity index is 2.16. The van der Waals surface area contributed by atoms with Crippen LogP contribution in [-0.2, 0) is 5.41 Å². The molecule has 0 N–H and O–H groups in total. The highest BCUT2D eigenvalue weighted by molar-refractivity contribution is 5.36. The minimum Gasteiger partial charge on any atom is -0.0582 e. The van der Waals surface area contributed by atoms with Gasteiger partial charge in [0.2, 0.25) is 0 Å². The zero-order chi connectivity index (χ0) is 10.9. The lowest BCUT2D eigenvalue weighted by Crippen LogP contribution is -2.10. The molecule has 1 aliphatic rings. The van der Waals surface area contributed by atoms with Crippen LogP contribution in [0.25, 0.3) is 0 Å². The molecule has 2 rings (SSSR count). The van der Waals surface area contributed by atoms with E-state index >= 15 is 0 Å².